The average molecular weight is 430 g/mol. The first-order valence-corrected chi connectivity index (χ1v) is 10.1. The first kappa shape index (κ1) is 21.1. The van der Waals surface area contributed by atoms with Gasteiger partial charge < -0.3 is 15.6 Å². The smallest absolute Gasteiger partial charge is 0.411 e. The van der Waals surface area contributed by atoms with Gasteiger partial charge in [-0.3, -0.25) is 9.69 Å². The first-order valence-electron chi connectivity index (χ1n) is 10.1. The molecule has 0 bridgehead atoms. The summed E-state index contributed by atoms with van der Waals surface area (Å²) in [6.45, 7) is 0. The fourth-order valence-corrected chi connectivity index (χ4v) is 4.28. The van der Waals surface area contributed by atoms with Crippen LogP contribution in [-0.2, 0) is 16.0 Å². The number of carboxylic acids is 1. The van der Waals surface area contributed by atoms with E-state index in [1.807, 2.05) is 48.5 Å². The fraction of sp³-hybridized carbons (Fsp3) is 0.160. The van der Waals surface area contributed by atoms with Crippen molar-refractivity contribution in [3.63, 3.8) is 0 Å². The highest BCUT2D eigenvalue weighted by atomic mass is 16.5. The topological polar surface area (TPSA) is 110 Å². The molecule has 1 aliphatic rings. The van der Waals surface area contributed by atoms with Gasteiger partial charge in [-0.1, -0.05) is 60.7 Å². The van der Waals surface area contributed by atoms with Crippen LogP contribution >= 0.6 is 0 Å². The maximum absolute atomic E-state index is 13.0. The molecule has 0 heterocycles. The van der Waals surface area contributed by atoms with E-state index in [1.54, 1.807) is 24.3 Å². The lowest BCUT2D eigenvalue weighted by Crippen LogP contribution is -2.48. The SMILES string of the molecule is COC(=O)N(C(Cc1ccc(C(N)=O)cc1)C(=O)O)C1c2ccccc2-c2ccccc21. The zero-order chi connectivity index (χ0) is 22.8. The Hall–Kier alpha value is -4.13. The Morgan fingerprint density at radius 1 is 0.938 bits per heavy atom. The van der Waals surface area contributed by atoms with Gasteiger partial charge in [0.1, 0.15) is 6.04 Å². The lowest BCUT2D eigenvalue weighted by molar-refractivity contribution is -0.143. The summed E-state index contributed by atoms with van der Waals surface area (Å²) in [5, 5.41) is 10.1. The van der Waals surface area contributed by atoms with Gasteiger partial charge in [0.25, 0.3) is 0 Å². The fourth-order valence-electron chi connectivity index (χ4n) is 4.28. The molecule has 3 N–H and O–H groups in total. The third-order valence-corrected chi connectivity index (χ3v) is 5.75. The van der Waals surface area contributed by atoms with Crippen LogP contribution in [0, 0.1) is 0 Å². The number of primary amides is 1. The van der Waals surface area contributed by atoms with Crippen LogP contribution < -0.4 is 5.73 Å². The number of methoxy groups -OCH3 is 1. The largest absolute Gasteiger partial charge is 0.480 e. The van der Waals surface area contributed by atoms with Gasteiger partial charge in [0.15, 0.2) is 0 Å². The van der Waals surface area contributed by atoms with Crippen LogP contribution in [0.1, 0.15) is 33.1 Å². The first-order chi connectivity index (χ1) is 15.4. The third kappa shape index (κ3) is 3.69. The zero-order valence-electron chi connectivity index (χ0n) is 17.4. The number of aliphatic carboxylic acids is 1. The molecular weight excluding hydrogens is 408 g/mol. The molecule has 7 nitrogen and oxygen atoms in total. The molecule has 4 rings (SSSR count). The summed E-state index contributed by atoms with van der Waals surface area (Å²) in [5.74, 6) is -1.72. The van der Waals surface area contributed by atoms with E-state index >= 15 is 0 Å². The number of carbonyl (C=O) groups is 3. The van der Waals surface area contributed by atoms with Gasteiger partial charge in [-0.05, 0) is 39.9 Å². The summed E-state index contributed by atoms with van der Waals surface area (Å²) in [6.07, 6.45) is -0.702. The van der Waals surface area contributed by atoms with Gasteiger partial charge in [0.05, 0.1) is 13.2 Å². The van der Waals surface area contributed by atoms with Crippen molar-refractivity contribution in [3.05, 3.63) is 95.1 Å². The zero-order valence-corrected chi connectivity index (χ0v) is 17.4. The molecule has 1 unspecified atom stereocenters. The van der Waals surface area contributed by atoms with E-state index in [0.717, 1.165) is 22.3 Å². The highest BCUT2D eigenvalue weighted by molar-refractivity contribution is 5.92. The van der Waals surface area contributed by atoms with Gasteiger partial charge >= 0.3 is 12.1 Å². The second-order valence-electron chi connectivity index (χ2n) is 7.57. The second kappa shape index (κ2) is 8.55. The third-order valence-electron chi connectivity index (χ3n) is 5.75. The lowest BCUT2D eigenvalue weighted by atomic mass is 9.98. The number of carbonyl (C=O) groups excluding carboxylic acids is 2. The van der Waals surface area contributed by atoms with Crippen LogP contribution in [0.5, 0.6) is 0 Å². The van der Waals surface area contributed by atoms with Gasteiger partial charge in [0, 0.05) is 12.0 Å². The van der Waals surface area contributed by atoms with Crippen molar-refractivity contribution in [2.24, 2.45) is 5.73 Å². The number of nitrogens with zero attached hydrogens (tertiary/aromatic N) is 1. The number of carboxylic acid groups (broad SMARTS) is 1. The van der Waals surface area contributed by atoms with Crippen molar-refractivity contribution < 1.29 is 24.2 Å². The quantitative estimate of drug-likeness (QED) is 0.621. The van der Waals surface area contributed by atoms with Crippen LogP contribution in [0.3, 0.4) is 0 Å². The van der Waals surface area contributed by atoms with Crippen LogP contribution in [0.25, 0.3) is 11.1 Å². The number of hydrogen-bond donors (Lipinski definition) is 2. The highest BCUT2D eigenvalue weighted by Gasteiger charge is 2.42. The Balaban J connectivity index is 1.79. The molecule has 3 aromatic rings. The monoisotopic (exact) mass is 430 g/mol. The van der Waals surface area contributed by atoms with E-state index in [4.69, 9.17) is 10.5 Å². The Bertz CT molecular complexity index is 1140. The summed E-state index contributed by atoms with van der Waals surface area (Å²) in [5.41, 5.74) is 9.86. The predicted octanol–water partition coefficient (Wildman–Crippen LogP) is 3.62. The minimum atomic E-state index is -1.20. The Labute approximate surface area is 185 Å². The van der Waals surface area contributed by atoms with Crippen molar-refractivity contribution in [2.75, 3.05) is 7.11 Å². The van der Waals surface area contributed by atoms with Crippen molar-refractivity contribution in [1.82, 2.24) is 4.90 Å². The molecule has 1 aliphatic carbocycles. The van der Waals surface area contributed by atoms with Crippen molar-refractivity contribution in [2.45, 2.75) is 18.5 Å². The predicted molar refractivity (Wildman–Crippen MR) is 118 cm³/mol. The van der Waals surface area contributed by atoms with Crippen LogP contribution in [0.15, 0.2) is 72.8 Å². The molecule has 0 aromatic heterocycles. The number of rotatable bonds is 6. The molecule has 0 radical (unpaired) electrons. The lowest BCUT2D eigenvalue weighted by Gasteiger charge is -2.34. The summed E-state index contributed by atoms with van der Waals surface area (Å²) >= 11 is 0. The van der Waals surface area contributed by atoms with Crippen LogP contribution in [0.4, 0.5) is 4.79 Å². The number of nitrogens with two attached hydrogens (primary N) is 1. The molecule has 7 heteroatoms. The number of amides is 2. The summed E-state index contributed by atoms with van der Waals surface area (Å²) < 4.78 is 5.04. The average Bonchev–Trinajstić information content (AvgIpc) is 3.13. The number of ether oxygens (including phenoxy) is 1. The normalized spacial score (nSPS) is 13.0. The highest BCUT2D eigenvalue weighted by Crippen LogP contribution is 2.47. The molecule has 0 fully saturated rings. The Kier molecular flexibility index (Phi) is 5.64. The van der Waals surface area contributed by atoms with E-state index in [1.165, 1.54) is 12.0 Å². The molecule has 32 heavy (non-hydrogen) atoms. The number of benzene rings is 3. The molecule has 1 atom stereocenters. The molecule has 162 valence electrons. The summed E-state index contributed by atoms with van der Waals surface area (Å²) in [6, 6.07) is 19.8. The van der Waals surface area contributed by atoms with Gasteiger partial charge in [0.2, 0.25) is 5.91 Å². The van der Waals surface area contributed by atoms with Crippen molar-refractivity contribution >= 4 is 18.0 Å². The molecular formula is C25H22N2O5. The van der Waals surface area contributed by atoms with Crippen molar-refractivity contribution in [3.8, 4) is 11.1 Å². The summed E-state index contributed by atoms with van der Waals surface area (Å²) in [7, 11) is 1.24. The van der Waals surface area contributed by atoms with E-state index < -0.39 is 30.1 Å². The number of fused-ring (bicyclic) bond motifs is 3. The van der Waals surface area contributed by atoms with E-state index in [0.29, 0.717) is 11.1 Å². The van der Waals surface area contributed by atoms with E-state index in [2.05, 4.69) is 0 Å². The molecule has 0 spiro atoms. The van der Waals surface area contributed by atoms with E-state index in [-0.39, 0.29) is 6.42 Å². The number of hydrogen-bond acceptors (Lipinski definition) is 4. The Morgan fingerprint density at radius 2 is 1.47 bits per heavy atom. The van der Waals surface area contributed by atoms with Gasteiger partial charge in [-0.25, -0.2) is 9.59 Å². The minimum Gasteiger partial charge on any atom is -0.480 e. The van der Waals surface area contributed by atoms with Crippen LogP contribution in [0.2, 0.25) is 0 Å². The molecule has 0 aliphatic heterocycles. The molecule has 0 saturated heterocycles. The molecule has 2 amide bonds. The maximum atomic E-state index is 13.0. The molecule has 3 aromatic carbocycles. The Morgan fingerprint density at radius 3 is 1.94 bits per heavy atom. The maximum Gasteiger partial charge on any atom is 0.411 e. The summed E-state index contributed by atoms with van der Waals surface area (Å²) in [4.78, 5) is 38.0. The molecule has 0 saturated carbocycles. The van der Waals surface area contributed by atoms with Gasteiger partial charge in [-0.2, -0.15) is 0 Å². The standard InChI is InChI=1S/C25H22N2O5/c1-32-25(31)27(21(24(29)30)14-15-10-12-16(13-11-15)23(26)28)22-19-8-4-2-6-17(19)18-7-3-5-9-20(18)22/h2-13,21-22H,14H2,1H3,(H2,26,28)(H,29,30). The van der Waals surface area contributed by atoms with Gasteiger partial charge in [-0.15, -0.1) is 0 Å². The second-order valence-corrected chi connectivity index (χ2v) is 7.57. The van der Waals surface area contributed by atoms with Crippen molar-refractivity contribution in [1.29, 1.82) is 0 Å². The minimum absolute atomic E-state index is 0.0321. The van der Waals surface area contributed by atoms with Crippen LogP contribution in [-0.4, -0.2) is 41.1 Å². The van der Waals surface area contributed by atoms with E-state index in [9.17, 15) is 19.5 Å².